The summed E-state index contributed by atoms with van der Waals surface area (Å²) in [6.45, 7) is 0. The molecule has 0 N–H and O–H groups in total. The summed E-state index contributed by atoms with van der Waals surface area (Å²) in [5, 5.41) is 17.4. The maximum atomic E-state index is 5.20. The van der Waals surface area contributed by atoms with Crippen molar-refractivity contribution in [1.82, 2.24) is 9.97 Å². The van der Waals surface area contributed by atoms with Crippen LogP contribution in [0.3, 0.4) is 0 Å². The molecule has 0 amide bonds. The zero-order chi connectivity index (χ0) is 36.7. The van der Waals surface area contributed by atoms with E-state index in [4.69, 9.17) is 9.97 Å². The van der Waals surface area contributed by atoms with Gasteiger partial charge >= 0.3 is 0 Å². The van der Waals surface area contributed by atoms with Gasteiger partial charge in [-0.3, -0.25) is 4.98 Å². The van der Waals surface area contributed by atoms with Crippen molar-refractivity contribution in [1.29, 1.82) is 0 Å². The first-order valence-electron chi connectivity index (χ1n) is 19.2. The van der Waals surface area contributed by atoms with E-state index < -0.39 is 0 Å². The van der Waals surface area contributed by atoms with E-state index in [0.29, 0.717) is 0 Å². The van der Waals surface area contributed by atoms with Crippen LogP contribution in [0.25, 0.3) is 120 Å². The van der Waals surface area contributed by atoms with Gasteiger partial charge in [0.15, 0.2) is 0 Å². The summed E-state index contributed by atoms with van der Waals surface area (Å²) < 4.78 is 0. The van der Waals surface area contributed by atoms with Crippen LogP contribution in [0.1, 0.15) is 0 Å². The molecule has 0 aliphatic heterocycles. The molecule has 2 heteroatoms. The van der Waals surface area contributed by atoms with Crippen molar-refractivity contribution in [3.8, 4) is 33.5 Å². The molecule has 0 unspecified atom stereocenters. The van der Waals surface area contributed by atoms with Gasteiger partial charge in [-0.15, -0.1) is 0 Å². The minimum absolute atomic E-state index is 0.931. The molecule has 0 spiro atoms. The summed E-state index contributed by atoms with van der Waals surface area (Å²) in [5.41, 5.74) is 8.73. The largest absolute Gasteiger partial charge is 0.254 e. The Hall–Kier alpha value is -7.42. The van der Waals surface area contributed by atoms with Gasteiger partial charge in [0.2, 0.25) is 0 Å². The van der Waals surface area contributed by atoms with Crippen molar-refractivity contribution < 1.29 is 0 Å². The minimum Gasteiger partial charge on any atom is -0.254 e. The molecular weight excluding hydrogens is 677 g/mol. The van der Waals surface area contributed by atoms with E-state index in [1.165, 1.54) is 86.9 Å². The van der Waals surface area contributed by atoms with Gasteiger partial charge < -0.3 is 0 Å². The van der Waals surface area contributed by atoms with E-state index >= 15 is 0 Å². The Morgan fingerprint density at radius 2 is 0.821 bits per heavy atom. The Morgan fingerprint density at radius 1 is 0.286 bits per heavy atom. The van der Waals surface area contributed by atoms with Gasteiger partial charge in [-0.1, -0.05) is 164 Å². The van der Waals surface area contributed by atoms with Gasteiger partial charge in [0.25, 0.3) is 0 Å². The van der Waals surface area contributed by atoms with Crippen LogP contribution in [-0.2, 0) is 0 Å². The predicted octanol–water partition coefficient (Wildman–Crippen LogP) is 14.7. The lowest BCUT2D eigenvalue weighted by atomic mass is 9.88. The topological polar surface area (TPSA) is 25.8 Å². The molecule has 2 aromatic heterocycles. The van der Waals surface area contributed by atoms with Crippen LogP contribution in [0, 0.1) is 0 Å². The van der Waals surface area contributed by atoms with E-state index in [0.717, 1.165) is 33.1 Å². The van der Waals surface area contributed by atoms with E-state index in [1.807, 2.05) is 12.3 Å². The molecular formula is C54H32N2. The number of pyridine rings is 2. The van der Waals surface area contributed by atoms with Gasteiger partial charge in [-0.25, -0.2) is 4.98 Å². The van der Waals surface area contributed by atoms with Crippen LogP contribution in [-0.4, -0.2) is 9.97 Å². The molecule has 2 nitrogen and oxygen atoms in total. The lowest BCUT2D eigenvalue weighted by molar-refractivity contribution is 1.37. The second-order valence-electron chi connectivity index (χ2n) is 14.9. The fourth-order valence-electron chi connectivity index (χ4n) is 9.24. The van der Waals surface area contributed by atoms with Crippen molar-refractivity contribution in [2.75, 3.05) is 0 Å². The molecule has 0 aliphatic carbocycles. The highest BCUT2D eigenvalue weighted by Crippen LogP contribution is 2.43. The van der Waals surface area contributed by atoms with Gasteiger partial charge in [-0.2, -0.15) is 0 Å². The van der Waals surface area contributed by atoms with Crippen LogP contribution < -0.4 is 0 Å². The first-order valence-corrected chi connectivity index (χ1v) is 19.2. The third kappa shape index (κ3) is 4.63. The Morgan fingerprint density at radius 3 is 1.59 bits per heavy atom. The maximum Gasteiger partial charge on any atom is 0.0972 e. The predicted molar refractivity (Wildman–Crippen MR) is 238 cm³/mol. The molecule has 12 rings (SSSR count). The Kier molecular flexibility index (Phi) is 6.66. The average Bonchev–Trinajstić information content (AvgIpc) is 3.27. The average molecular weight is 709 g/mol. The molecule has 0 saturated heterocycles. The molecule has 2 heterocycles. The first-order chi connectivity index (χ1) is 27.8. The number of nitrogens with zero attached hydrogens (tertiary/aromatic N) is 2. The van der Waals surface area contributed by atoms with Gasteiger partial charge in [0, 0.05) is 22.5 Å². The number of hydrogen-bond donors (Lipinski definition) is 0. The monoisotopic (exact) mass is 708 g/mol. The van der Waals surface area contributed by atoms with Gasteiger partial charge in [0.05, 0.1) is 16.7 Å². The number of hydrogen-bond acceptors (Lipinski definition) is 2. The fraction of sp³-hybridized carbons (Fsp3) is 0. The van der Waals surface area contributed by atoms with E-state index in [1.54, 1.807) is 0 Å². The summed E-state index contributed by atoms with van der Waals surface area (Å²) in [6.07, 6.45) is 1.85. The van der Waals surface area contributed by atoms with E-state index in [-0.39, 0.29) is 0 Å². The highest BCUT2D eigenvalue weighted by atomic mass is 14.8. The number of rotatable bonds is 3. The van der Waals surface area contributed by atoms with Gasteiger partial charge in [-0.05, 0) is 111 Å². The molecule has 56 heavy (non-hydrogen) atoms. The van der Waals surface area contributed by atoms with E-state index in [9.17, 15) is 0 Å². The van der Waals surface area contributed by atoms with Gasteiger partial charge in [0.1, 0.15) is 0 Å². The molecule has 0 saturated carbocycles. The fourth-order valence-corrected chi connectivity index (χ4v) is 9.24. The highest BCUT2D eigenvalue weighted by molar-refractivity contribution is 6.33. The Bertz CT molecular complexity index is 3580. The molecule has 0 aliphatic rings. The van der Waals surface area contributed by atoms with Crippen molar-refractivity contribution in [3.05, 3.63) is 194 Å². The number of benzene rings is 9. The molecule has 0 radical (unpaired) electrons. The first kappa shape index (κ1) is 31.0. The van der Waals surface area contributed by atoms with Crippen molar-refractivity contribution >= 4 is 86.4 Å². The normalized spacial score (nSPS) is 11.9. The van der Waals surface area contributed by atoms with Crippen LogP contribution in [0.2, 0.25) is 0 Å². The van der Waals surface area contributed by atoms with Crippen molar-refractivity contribution in [2.45, 2.75) is 0 Å². The van der Waals surface area contributed by atoms with Crippen LogP contribution in [0.4, 0.5) is 0 Å². The number of aromatic nitrogens is 2. The van der Waals surface area contributed by atoms with Crippen molar-refractivity contribution in [2.24, 2.45) is 0 Å². The molecule has 10 aromatic carbocycles. The zero-order valence-corrected chi connectivity index (χ0v) is 30.4. The van der Waals surface area contributed by atoms with Crippen LogP contribution >= 0.6 is 0 Å². The molecule has 12 aromatic rings. The standard InChI is InChI=1S/C54H32N2/c1-4-14-44-41(11-1)40(27-28-47(44)50-29-26-37-24-23-36-10-8-30-55-53(36)54(37)56-50)34-20-18-33(19-21-34)39-31-38-25-22-35-9-7-17-48-45-15-5-2-12-42(45)43-13-3-6-16-46(43)49(32-39)52(38)51(35)48/h1-32H. The Balaban J connectivity index is 1.02. The third-order valence-electron chi connectivity index (χ3n) is 11.8. The second-order valence-corrected chi connectivity index (χ2v) is 14.9. The Labute approximate surface area is 322 Å². The summed E-state index contributed by atoms with van der Waals surface area (Å²) in [6, 6.07) is 68.8. The summed E-state index contributed by atoms with van der Waals surface area (Å²) in [7, 11) is 0. The van der Waals surface area contributed by atoms with Crippen LogP contribution in [0.15, 0.2) is 194 Å². The zero-order valence-electron chi connectivity index (χ0n) is 30.4. The van der Waals surface area contributed by atoms with Crippen molar-refractivity contribution in [3.63, 3.8) is 0 Å². The molecule has 0 bridgehead atoms. The second kappa shape index (κ2) is 12.0. The third-order valence-corrected chi connectivity index (χ3v) is 11.8. The summed E-state index contributed by atoms with van der Waals surface area (Å²) >= 11 is 0. The summed E-state index contributed by atoms with van der Waals surface area (Å²) in [5.74, 6) is 0. The number of fused-ring (bicyclic) bond motifs is 9. The molecule has 258 valence electrons. The summed E-state index contributed by atoms with van der Waals surface area (Å²) in [4.78, 5) is 9.89. The van der Waals surface area contributed by atoms with E-state index in [2.05, 4.69) is 182 Å². The van der Waals surface area contributed by atoms with Crippen LogP contribution in [0.5, 0.6) is 0 Å². The molecule has 0 fully saturated rings. The smallest absolute Gasteiger partial charge is 0.0972 e. The lowest BCUT2D eigenvalue weighted by Crippen LogP contribution is -1.91. The SMILES string of the molecule is c1cnc2c(c1)ccc1ccc(-c3ccc(-c4ccc(-c5cc6ccc7cccc8c9ccccc9c9ccccc9c(c5)c6c78)cc4)c4ccccc34)nc12. The lowest BCUT2D eigenvalue weighted by Gasteiger charge is -2.15. The quantitative estimate of drug-likeness (QED) is 0.171. The molecule has 0 atom stereocenters. The maximum absolute atomic E-state index is 5.20. The minimum atomic E-state index is 0.931. The highest BCUT2D eigenvalue weighted by Gasteiger charge is 2.16.